The van der Waals surface area contributed by atoms with Crippen molar-refractivity contribution < 1.29 is 14.3 Å². The molecule has 2 rings (SSSR count). The minimum absolute atomic E-state index is 0.425. The van der Waals surface area contributed by atoms with Crippen molar-refractivity contribution in [1.82, 2.24) is 4.90 Å². The van der Waals surface area contributed by atoms with Crippen LogP contribution in [0.1, 0.15) is 39.2 Å². The van der Waals surface area contributed by atoms with E-state index in [4.69, 9.17) is 4.74 Å². The van der Waals surface area contributed by atoms with Gasteiger partial charge in [0.25, 0.3) is 0 Å². The molecule has 1 saturated heterocycles. The Balaban J connectivity index is 2.33. The summed E-state index contributed by atoms with van der Waals surface area (Å²) in [5.41, 5.74) is -0.604. The standard InChI is InChI=1S/C16H21NO3/c1-15(2,3)20-14(19)17-11-7-10-16(17,12-18)13-8-5-4-6-9-13/h4-6,8-9,12H,7,10-11H2,1-3H3/t16-/m0/s1. The lowest BCUT2D eigenvalue weighted by atomic mass is 9.89. The van der Waals surface area contributed by atoms with Crippen LogP contribution in [0.2, 0.25) is 0 Å². The number of benzene rings is 1. The van der Waals surface area contributed by atoms with Crippen LogP contribution in [0.15, 0.2) is 30.3 Å². The lowest BCUT2D eigenvalue weighted by Crippen LogP contribution is -2.48. The van der Waals surface area contributed by atoms with Crippen molar-refractivity contribution in [3.63, 3.8) is 0 Å². The summed E-state index contributed by atoms with van der Waals surface area (Å²) in [5, 5.41) is 0. The first-order chi connectivity index (χ1) is 9.39. The quantitative estimate of drug-likeness (QED) is 0.779. The van der Waals surface area contributed by atoms with Crippen LogP contribution in [-0.2, 0) is 15.1 Å². The minimum Gasteiger partial charge on any atom is -0.444 e. The van der Waals surface area contributed by atoms with E-state index in [-0.39, 0.29) is 0 Å². The second-order valence-corrected chi connectivity index (χ2v) is 6.14. The van der Waals surface area contributed by atoms with E-state index in [9.17, 15) is 9.59 Å². The summed E-state index contributed by atoms with van der Waals surface area (Å²) in [6.07, 6.45) is 1.89. The Labute approximate surface area is 119 Å². The molecule has 0 unspecified atom stereocenters. The van der Waals surface area contributed by atoms with Crippen LogP contribution < -0.4 is 0 Å². The predicted molar refractivity (Wildman–Crippen MR) is 76.4 cm³/mol. The first-order valence-electron chi connectivity index (χ1n) is 6.91. The average Bonchev–Trinajstić information content (AvgIpc) is 2.83. The Bertz CT molecular complexity index is 492. The smallest absolute Gasteiger partial charge is 0.411 e. The summed E-state index contributed by atoms with van der Waals surface area (Å²) in [5.74, 6) is 0. The summed E-state index contributed by atoms with van der Waals surface area (Å²) in [6.45, 7) is 6.02. The zero-order valence-electron chi connectivity index (χ0n) is 12.3. The molecule has 4 heteroatoms. The van der Waals surface area contributed by atoms with Crippen molar-refractivity contribution in [1.29, 1.82) is 0 Å². The fourth-order valence-corrected chi connectivity index (χ4v) is 2.63. The van der Waals surface area contributed by atoms with E-state index in [1.54, 1.807) is 4.90 Å². The summed E-state index contributed by atoms with van der Waals surface area (Å²) >= 11 is 0. The van der Waals surface area contributed by atoms with Gasteiger partial charge in [0, 0.05) is 6.54 Å². The third kappa shape index (κ3) is 2.69. The Morgan fingerprint density at radius 2 is 1.95 bits per heavy atom. The van der Waals surface area contributed by atoms with E-state index in [0.717, 1.165) is 18.3 Å². The van der Waals surface area contributed by atoms with Gasteiger partial charge in [-0.3, -0.25) is 4.90 Å². The number of ether oxygens (including phenoxy) is 1. The maximum Gasteiger partial charge on any atom is 0.411 e. The number of carbonyl (C=O) groups is 2. The van der Waals surface area contributed by atoms with Crippen molar-refractivity contribution in [2.24, 2.45) is 0 Å². The monoisotopic (exact) mass is 275 g/mol. The van der Waals surface area contributed by atoms with Gasteiger partial charge >= 0.3 is 6.09 Å². The van der Waals surface area contributed by atoms with E-state index < -0.39 is 17.2 Å². The predicted octanol–water partition coefficient (Wildman–Crippen LogP) is 3.11. The molecular formula is C16H21NO3. The van der Waals surface area contributed by atoms with E-state index in [1.165, 1.54) is 0 Å². The Kier molecular flexibility index (Phi) is 3.84. The van der Waals surface area contributed by atoms with Gasteiger partial charge in [-0.2, -0.15) is 0 Å². The van der Waals surface area contributed by atoms with Gasteiger partial charge in [-0.25, -0.2) is 4.79 Å². The molecule has 1 aliphatic rings. The number of hydrogen-bond acceptors (Lipinski definition) is 3. The van der Waals surface area contributed by atoms with Gasteiger partial charge in [-0.05, 0) is 39.2 Å². The molecule has 0 spiro atoms. The Morgan fingerprint density at radius 3 is 2.50 bits per heavy atom. The molecule has 0 radical (unpaired) electrons. The molecule has 0 aliphatic carbocycles. The molecule has 0 saturated carbocycles. The summed E-state index contributed by atoms with van der Waals surface area (Å²) in [6, 6.07) is 9.43. The van der Waals surface area contributed by atoms with Gasteiger partial charge in [-0.1, -0.05) is 30.3 Å². The molecule has 1 amide bonds. The van der Waals surface area contributed by atoms with Crippen LogP contribution in [-0.4, -0.2) is 29.4 Å². The number of amides is 1. The number of hydrogen-bond donors (Lipinski definition) is 0. The SMILES string of the molecule is CC(C)(C)OC(=O)N1CCC[C@]1(C=O)c1ccccc1. The number of rotatable bonds is 2. The molecule has 108 valence electrons. The maximum atomic E-state index is 12.4. The highest BCUT2D eigenvalue weighted by Gasteiger charge is 2.46. The maximum absolute atomic E-state index is 12.4. The third-order valence-electron chi connectivity index (χ3n) is 3.50. The fourth-order valence-electron chi connectivity index (χ4n) is 2.63. The van der Waals surface area contributed by atoms with Crippen molar-refractivity contribution in [2.75, 3.05) is 6.54 Å². The second kappa shape index (κ2) is 5.27. The first-order valence-corrected chi connectivity index (χ1v) is 6.91. The second-order valence-electron chi connectivity index (χ2n) is 6.14. The molecule has 1 fully saturated rings. The van der Waals surface area contributed by atoms with Crippen molar-refractivity contribution in [3.05, 3.63) is 35.9 Å². The molecule has 0 N–H and O–H groups in total. The molecular weight excluding hydrogens is 254 g/mol. The molecule has 1 aliphatic heterocycles. The van der Waals surface area contributed by atoms with Gasteiger partial charge in [-0.15, -0.1) is 0 Å². The van der Waals surface area contributed by atoms with Crippen molar-refractivity contribution in [3.8, 4) is 0 Å². The highest BCUT2D eigenvalue weighted by Crippen LogP contribution is 2.38. The van der Waals surface area contributed by atoms with Crippen molar-refractivity contribution in [2.45, 2.75) is 44.8 Å². The van der Waals surface area contributed by atoms with Crippen LogP contribution in [0, 0.1) is 0 Å². The number of aldehydes is 1. The molecule has 0 bridgehead atoms. The third-order valence-corrected chi connectivity index (χ3v) is 3.50. The molecule has 1 atom stereocenters. The van der Waals surface area contributed by atoms with E-state index in [1.807, 2.05) is 51.1 Å². The van der Waals surface area contributed by atoms with Crippen LogP contribution in [0.5, 0.6) is 0 Å². The van der Waals surface area contributed by atoms with E-state index in [0.29, 0.717) is 13.0 Å². The van der Waals surface area contributed by atoms with Gasteiger partial charge in [0.2, 0.25) is 0 Å². The highest BCUT2D eigenvalue weighted by atomic mass is 16.6. The summed E-state index contributed by atoms with van der Waals surface area (Å²) in [4.78, 5) is 25.7. The van der Waals surface area contributed by atoms with Crippen molar-refractivity contribution >= 4 is 12.4 Å². The topological polar surface area (TPSA) is 46.6 Å². The summed E-state index contributed by atoms with van der Waals surface area (Å²) < 4.78 is 5.43. The minimum atomic E-state index is -0.885. The highest BCUT2D eigenvalue weighted by molar-refractivity contribution is 5.79. The van der Waals surface area contributed by atoms with Gasteiger partial charge < -0.3 is 9.53 Å². The van der Waals surface area contributed by atoms with Crippen LogP contribution in [0.3, 0.4) is 0 Å². The summed E-state index contributed by atoms with van der Waals surface area (Å²) in [7, 11) is 0. The number of nitrogens with zero attached hydrogens (tertiary/aromatic N) is 1. The zero-order valence-corrected chi connectivity index (χ0v) is 12.3. The average molecular weight is 275 g/mol. The lowest BCUT2D eigenvalue weighted by Gasteiger charge is -2.35. The fraction of sp³-hybridized carbons (Fsp3) is 0.500. The molecule has 1 aromatic rings. The van der Waals surface area contributed by atoms with E-state index in [2.05, 4.69) is 0 Å². The van der Waals surface area contributed by atoms with Crippen LogP contribution >= 0.6 is 0 Å². The Hall–Kier alpha value is -1.84. The van der Waals surface area contributed by atoms with Gasteiger partial charge in [0.1, 0.15) is 17.4 Å². The van der Waals surface area contributed by atoms with Crippen LogP contribution in [0.25, 0.3) is 0 Å². The lowest BCUT2D eigenvalue weighted by molar-refractivity contribution is -0.117. The molecule has 4 nitrogen and oxygen atoms in total. The molecule has 1 aromatic carbocycles. The van der Waals surface area contributed by atoms with E-state index >= 15 is 0 Å². The molecule has 0 aromatic heterocycles. The molecule has 1 heterocycles. The number of likely N-dealkylation sites (tertiary alicyclic amines) is 1. The van der Waals surface area contributed by atoms with Crippen LogP contribution in [0.4, 0.5) is 4.79 Å². The molecule has 20 heavy (non-hydrogen) atoms. The number of carbonyl (C=O) groups excluding carboxylic acids is 2. The Morgan fingerprint density at radius 1 is 1.30 bits per heavy atom. The van der Waals surface area contributed by atoms with Gasteiger partial charge in [0.15, 0.2) is 0 Å². The zero-order chi connectivity index (χ0) is 14.8. The van der Waals surface area contributed by atoms with Gasteiger partial charge in [0.05, 0.1) is 0 Å². The normalized spacial score (nSPS) is 22.6. The first kappa shape index (κ1) is 14.6. The largest absolute Gasteiger partial charge is 0.444 e.